The van der Waals surface area contributed by atoms with Gasteiger partial charge in [-0.05, 0) is 29.8 Å². The maximum absolute atomic E-state index is 13.0. The molecule has 100 valence electrons. The number of carbonyl (C=O) groups excluding carboxylic acids is 2. The summed E-state index contributed by atoms with van der Waals surface area (Å²) >= 11 is 6.30. The fourth-order valence-electron chi connectivity index (χ4n) is 2.23. The number of ketones is 1. The Balaban J connectivity index is 2.16. The van der Waals surface area contributed by atoms with Crippen LogP contribution in [0.4, 0.5) is 10.1 Å². The normalized spacial score (nSPS) is 21.3. The quantitative estimate of drug-likeness (QED) is 0.648. The molecule has 5 heteroatoms. The molecule has 0 aromatic heterocycles. The summed E-state index contributed by atoms with van der Waals surface area (Å²) in [4.78, 5) is 22.9. The van der Waals surface area contributed by atoms with E-state index in [2.05, 4.69) is 5.32 Å². The first-order chi connectivity index (χ1) is 9.53. The van der Waals surface area contributed by atoms with Crippen molar-refractivity contribution in [3.05, 3.63) is 65.5 Å². The third kappa shape index (κ3) is 1.72. The Morgan fingerprint density at radius 1 is 1.00 bits per heavy atom. The number of amides is 1. The van der Waals surface area contributed by atoms with E-state index in [0.717, 1.165) is 0 Å². The number of anilines is 1. The van der Waals surface area contributed by atoms with Crippen molar-refractivity contribution in [3.8, 4) is 0 Å². The minimum atomic E-state index is -1.86. The number of carbonyl (C=O) groups is 2. The standard InChI is InChI=1S/C15H9ClFNO2/c16-15(9-5-7-10(17)8-6-9)13(19)11-3-1-2-4-12(11)18-14(15)20/h1-8H,(H,18,20). The fraction of sp³-hybridized carbons (Fsp3) is 0.0667. The molecule has 0 saturated carbocycles. The van der Waals surface area contributed by atoms with Crippen LogP contribution in [-0.4, -0.2) is 11.7 Å². The van der Waals surface area contributed by atoms with Crippen molar-refractivity contribution in [1.82, 2.24) is 0 Å². The molecule has 20 heavy (non-hydrogen) atoms. The van der Waals surface area contributed by atoms with Crippen molar-refractivity contribution in [2.75, 3.05) is 5.32 Å². The molecule has 0 radical (unpaired) electrons. The maximum atomic E-state index is 13.0. The van der Waals surface area contributed by atoms with Gasteiger partial charge in [0, 0.05) is 5.56 Å². The Bertz CT molecular complexity index is 714. The summed E-state index contributed by atoms with van der Waals surface area (Å²) in [5.41, 5.74) is 1.02. The highest BCUT2D eigenvalue weighted by atomic mass is 35.5. The van der Waals surface area contributed by atoms with E-state index in [1.807, 2.05) is 0 Å². The molecule has 1 heterocycles. The second-order valence-electron chi connectivity index (χ2n) is 4.49. The smallest absolute Gasteiger partial charge is 0.258 e. The zero-order valence-corrected chi connectivity index (χ0v) is 10.9. The zero-order chi connectivity index (χ0) is 14.3. The van der Waals surface area contributed by atoms with E-state index in [-0.39, 0.29) is 5.56 Å². The molecule has 0 spiro atoms. The molecular weight excluding hydrogens is 281 g/mol. The van der Waals surface area contributed by atoms with Crippen LogP contribution in [0.2, 0.25) is 0 Å². The number of benzene rings is 2. The van der Waals surface area contributed by atoms with Crippen LogP contribution in [0, 0.1) is 5.82 Å². The van der Waals surface area contributed by atoms with Crippen LogP contribution in [0.5, 0.6) is 0 Å². The average Bonchev–Trinajstić information content (AvgIpc) is 2.46. The van der Waals surface area contributed by atoms with Gasteiger partial charge in [0.1, 0.15) is 5.82 Å². The number of nitrogens with one attached hydrogen (secondary N) is 1. The molecule has 0 saturated heterocycles. The lowest BCUT2D eigenvalue weighted by atomic mass is 9.85. The van der Waals surface area contributed by atoms with E-state index >= 15 is 0 Å². The molecule has 2 aromatic rings. The fourth-order valence-corrected chi connectivity index (χ4v) is 2.50. The van der Waals surface area contributed by atoms with Gasteiger partial charge in [-0.1, -0.05) is 35.9 Å². The maximum Gasteiger partial charge on any atom is 0.258 e. The third-order valence-corrected chi connectivity index (χ3v) is 3.85. The number of Topliss-reactive ketones (excluding diaryl/α,β-unsaturated/α-hetero) is 1. The van der Waals surface area contributed by atoms with Gasteiger partial charge in [0.25, 0.3) is 5.91 Å². The van der Waals surface area contributed by atoms with Crippen molar-refractivity contribution < 1.29 is 14.0 Å². The van der Waals surface area contributed by atoms with Gasteiger partial charge < -0.3 is 5.32 Å². The summed E-state index contributed by atoms with van der Waals surface area (Å²) in [6.45, 7) is 0. The van der Waals surface area contributed by atoms with Gasteiger partial charge in [-0.25, -0.2) is 4.39 Å². The Morgan fingerprint density at radius 2 is 1.65 bits per heavy atom. The Morgan fingerprint density at radius 3 is 2.35 bits per heavy atom. The van der Waals surface area contributed by atoms with Crippen LogP contribution in [0.15, 0.2) is 48.5 Å². The van der Waals surface area contributed by atoms with Gasteiger partial charge in [0.15, 0.2) is 5.78 Å². The summed E-state index contributed by atoms with van der Waals surface area (Å²) in [6.07, 6.45) is 0. The Kier molecular flexibility index (Phi) is 2.83. The van der Waals surface area contributed by atoms with Crippen LogP contribution >= 0.6 is 11.6 Å². The number of rotatable bonds is 1. The van der Waals surface area contributed by atoms with E-state index < -0.39 is 22.4 Å². The van der Waals surface area contributed by atoms with Crippen LogP contribution in [-0.2, 0) is 9.67 Å². The molecule has 1 unspecified atom stereocenters. The van der Waals surface area contributed by atoms with Crippen molar-refractivity contribution >= 4 is 29.0 Å². The monoisotopic (exact) mass is 289 g/mol. The molecule has 1 amide bonds. The molecular formula is C15H9ClFNO2. The topological polar surface area (TPSA) is 46.2 Å². The summed E-state index contributed by atoms with van der Waals surface area (Å²) in [7, 11) is 0. The molecule has 3 rings (SSSR count). The van der Waals surface area contributed by atoms with Crippen LogP contribution in [0.1, 0.15) is 15.9 Å². The van der Waals surface area contributed by atoms with E-state index in [0.29, 0.717) is 11.3 Å². The molecule has 1 aliphatic rings. The zero-order valence-electron chi connectivity index (χ0n) is 10.2. The Labute approximate surface area is 119 Å². The first-order valence-corrected chi connectivity index (χ1v) is 6.31. The SMILES string of the molecule is O=C1Nc2ccccc2C(=O)C1(Cl)c1ccc(F)cc1. The highest BCUT2D eigenvalue weighted by molar-refractivity contribution is 6.51. The van der Waals surface area contributed by atoms with E-state index in [4.69, 9.17) is 11.6 Å². The number of hydrogen-bond donors (Lipinski definition) is 1. The molecule has 1 atom stereocenters. The van der Waals surface area contributed by atoms with Gasteiger partial charge in [-0.15, -0.1) is 0 Å². The summed E-state index contributed by atoms with van der Waals surface area (Å²) in [5.74, 6) is -1.60. The number of para-hydroxylation sites is 1. The van der Waals surface area contributed by atoms with Gasteiger partial charge in [0.05, 0.1) is 5.69 Å². The minimum Gasteiger partial charge on any atom is -0.323 e. The van der Waals surface area contributed by atoms with Crippen molar-refractivity contribution in [2.45, 2.75) is 4.87 Å². The third-order valence-electron chi connectivity index (χ3n) is 3.29. The molecule has 0 bridgehead atoms. The highest BCUT2D eigenvalue weighted by Gasteiger charge is 2.49. The largest absolute Gasteiger partial charge is 0.323 e. The number of fused-ring (bicyclic) bond motifs is 1. The first-order valence-electron chi connectivity index (χ1n) is 5.93. The Hall–Kier alpha value is -2.20. The number of halogens is 2. The second-order valence-corrected chi connectivity index (χ2v) is 5.06. The summed E-state index contributed by atoms with van der Waals surface area (Å²) < 4.78 is 13.0. The first kappa shape index (κ1) is 12.8. The minimum absolute atomic E-state index is 0.248. The van der Waals surface area contributed by atoms with Gasteiger partial charge >= 0.3 is 0 Å². The van der Waals surface area contributed by atoms with Crippen molar-refractivity contribution in [3.63, 3.8) is 0 Å². The van der Waals surface area contributed by atoms with Crippen LogP contribution < -0.4 is 5.32 Å². The van der Waals surface area contributed by atoms with E-state index in [1.54, 1.807) is 24.3 Å². The van der Waals surface area contributed by atoms with Gasteiger partial charge in [-0.2, -0.15) is 0 Å². The van der Waals surface area contributed by atoms with Crippen molar-refractivity contribution in [2.24, 2.45) is 0 Å². The lowest BCUT2D eigenvalue weighted by molar-refractivity contribution is -0.117. The molecule has 1 N–H and O–H groups in total. The van der Waals surface area contributed by atoms with E-state index in [1.165, 1.54) is 24.3 Å². The van der Waals surface area contributed by atoms with Gasteiger partial charge in [0.2, 0.25) is 4.87 Å². The highest BCUT2D eigenvalue weighted by Crippen LogP contribution is 2.39. The van der Waals surface area contributed by atoms with Crippen LogP contribution in [0.3, 0.4) is 0 Å². The molecule has 0 aliphatic carbocycles. The number of hydrogen-bond acceptors (Lipinski definition) is 2. The molecule has 0 fully saturated rings. The lowest BCUT2D eigenvalue weighted by Crippen LogP contribution is -2.46. The summed E-state index contributed by atoms with van der Waals surface area (Å²) in [6, 6.07) is 11.6. The average molecular weight is 290 g/mol. The molecule has 3 nitrogen and oxygen atoms in total. The number of alkyl halides is 1. The van der Waals surface area contributed by atoms with E-state index in [9.17, 15) is 14.0 Å². The predicted octanol–water partition coefficient (Wildman–Crippen LogP) is 3.09. The summed E-state index contributed by atoms with van der Waals surface area (Å²) in [5, 5.41) is 2.61. The van der Waals surface area contributed by atoms with Crippen molar-refractivity contribution in [1.29, 1.82) is 0 Å². The van der Waals surface area contributed by atoms with Gasteiger partial charge in [-0.3, -0.25) is 9.59 Å². The molecule has 2 aromatic carbocycles. The molecule has 1 aliphatic heterocycles. The second kappa shape index (κ2) is 4.42. The predicted molar refractivity (Wildman–Crippen MR) is 73.3 cm³/mol. The van der Waals surface area contributed by atoms with Crippen LogP contribution in [0.25, 0.3) is 0 Å². The lowest BCUT2D eigenvalue weighted by Gasteiger charge is -2.30.